The van der Waals surface area contributed by atoms with E-state index < -0.39 is 6.10 Å². The van der Waals surface area contributed by atoms with E-state index in [0.29, 0.717) is 12.4 Å². The van der Waals surface area contributed by atoms with Crippen LogP contribution in [0.3, 0.4) is 0 Å². The molecular weight excluding hydrogens is 324 g/mol. The monoisotopic (exact) mass is 344 g/mol. The molecule has 2 heterocycles. The summed E-state index contributed by atoms with van der Waals surface area (Å²) in [6.07, 6.45) is 1.15. The number of rotatable bonds is 5. The van der Waals surface area contributed by atoms with Crippen molar-refractivity contribution in [3.05, 3.63) is 66.9 Å². The fourth-order valence-electron chi connectivity index (χ4n) is 3.00. The second-order valence-electron chi connectivity index (χ2n) is 6.26. The molecule has 0 saturated heterocycles. The fraction of sp³-hybridized carbons (Fsp3) is 0.143. The van der Waals surface area contributed by atoms with Gasteiger partial charge in [-0.15, -0.1) is 0 Å². The van der Waals surface area contributed by atoms with Crippen molar-refractivity contribution < 1.29 is 5.11 Å². The van der Waals surface area contributed by atoms with E-state index in [1.165, 1.54) is 10.8 Å². The quantitative estimate of drug-likeness (QED) is 0.518. The molecule has 5 nitrogen and oxygen atoms in total. The number of aromatic nitrogens is 2. The van der Waals surface area contributed by atoms with Crippen molar-refractivity contribution in [2.24, 2.45) is 5.73 Å². The summed E-state index contributed by atoms with van der Waals surface area (Å²) < 4.78 is 0. The Kier molecular flexibility index (Phi) is 4.48. The molecule has 2 aromatic heterocycles. The maximum absolute atomic E-state index is 9.77. The van der Waals surface area contributed by atoms with Crippen LogP contribution in [0.2, 0.25) is 0 Å². The lowest BCUT2D eigenvalue weighted by Gasteiger charge is -2.14. The lowest BCUT2D eigenvalue weighted by molar-refractivity contribution is 0.196. The summed E-state index contributed by atoms with van der Waals surface area (Å²) in [5, 5.41) is 16.2. The Morgan fingerprint density at radius 2 is 1.85 bits per heavy atom. The Bertz CT molecular complexity index is 1060. The molecule has 0 amide bonds. The van der Waals surface area contributed by atoms with Crippen LogP contribution in [0.15, 0.2) is 66.9 Å². The molecule has 1 unspecified atom stereocenters. The average Bonchev–Trinajstić information content (AvgIpc) is 2.71. The van der Waals surface area contributed by atoms with Crippen LogP contribution in [0, 0.1) is 0 Å². The number of fused-ring (bicyclic) bond motifs is 2. The molecule has 0 aliphatic carbocycles. The Labute approximate surface area is 151 Å². The van der Waals surface area contributed by atoms with Crippen molar-refractivity contribution in [2.45, 2.75) is 6.10 Å². The first kappa shape index (κ1) is 16.4. The Morgan fingerprint density at radius 3 is 2.69 bits per heavy atom. The molecule has 0 aliphatic heterocycles. The van der Waals surface area contributed by atoms with Crippen LogP contribution in [0.5, 0.6) is 0 Å². The zero-order chi connectivity index (χ0) is 17.9. The second-order valence-corrected chi connectivity index (χ2v) is 6.26. The Morgan fingerprint density at radius 1 is 1.00 bits per heavy atom. The number of aliphatic hydroxyl groups is 1. The highest BCUT2D eigenvalue weighted by molar-refractivity contribution is 5.93. The third kappa shape index (κ3) is 3.22. The minimum Gasteiger partial charge on any atom is -0.390 e. The summed E-state index contributed by atoms with van der Waals surface area (Å²) in [6, 6.07) is 20.4. The number of anilines is 1. The number of nitrogens with one attached hydrogen (secondary N) is 1. The van der Waals surface area contributed by atoms with E-state index in [1.807, 2.05) is 30.3 Å². The van der Waals surface area contributed by atoms with E-state index in [9.17, 15) is 5.11 Å². The molecule has 4 aromatic rings. The molecule has 0 saturated carbocycles. The normalized spacial score (nSPS) is 12.4. The zero-order valence-electron chi connectivity index (χ0n) is 14.3. The third-order valence-corrected chi connectivity index (χ3v) is 4.42. The number of aliphatic hydroxyl groups excluding tert-OH is 1. The Hall–Kier alpha value is -3.02. The SMILES string of the molecule is NCC(O)CNc1nc(-c2ccc3ccccc3c2)cc2ncccc12. The zero-order valence-corrected chi connectivity index (χ0v) is 14.3. The minimum absolute atomic E-state index is 0.202. The van der Waals surface area contributed by atoms with Gasteiger partial charge in [-0.2, -0.15) is 0 Å². The van der Waals surface area contributed by atoms with Crippen molar-refractivity contribution in [1.29, 1.82) is 0 Å². The lowest BCUT2D eigenvalue weighted by atomic mass is 10.0. The van der Waals surface area contributed by atoms with Crippen molar-refractivity contribution in [3.63, 3.8) is 0 Å². The first-order chi connectivity index (χ1) is 12.7. The molecule has 0 bridgehead atoms. The smallest absolute Gasteiger partial charge is 0.136 e. The van der Waals surface area contributed by atoms with Crippen LogP contribution < -0.4 is 11.1 Å². The molecule has 1 atom stereocenters. The van der Waals surface area contributed by atoms with Gasteiger partial charge in [0, 0.05) is 30.2 Å². The molecule has 0 fully saturated rings. The summed E-state index contributed by atoms with van der Waals surface area (Å²) in [7, 11) is 0. The summed E-state index contributed by atoms with van der Waals surface area (Å²) in [5.74, 6) is 0.700. The van der Waals surface area contributed by atoms with Gasteiger partial charge in [0.15, 0.2) is 0 Å². The van der Waals surface area contributed by atoms with E-state index in [-0.39, 0.29) is 6.54 Å². The molecule has 0 aliphatic rings. The molecule has 0 spiro atoms. The summed E-state index contributed by atoms with van der Waals surface area (Å²) in [6.45, 7) is 0.544. The van der Waals surface area contributed by atoms with Crippen molar-refractivity contribution in [2.75, 3.05) is 18.4 Å². The first-order valence-electron chi connectivity index (χ1n) is 8.61. The topological polar surface area (TPSA) is 84.1 Å². The van der Waals surface area contributed by atoms with E-state index in [2.05, 4.69) is 40.6 Å². The number of benzene rings is 2. The van der Waals surface area contributed by atoms with E-state index in [0.717, 1.165) is 22.2 Å². The molecule has 4 rings (SSSR count). The third-order valence-electron chi connectivity index (χ3n) is 4.42. The van der Waals surface area contributed by atoms with Gasteiger partial charge in [-0.3, -0.25) is 4.98 Å². The van der Waals surface area contributed by atoms with Gasteiger partial charge < -0.3 is 16.2 Å². The van der Waals surface area contributed by atoms with E-state index in [4.69, 9.17) is 10.7 Å². The number of hydrogen-bond donors (Lipinski definition) is 3. The van der Waals surface area contributed by atoms with E-state index in [1.54, 1.807) is 6.20 Å². The predicted octanol–water partition coefficient (Wildman–Crippen LogP) is 3.18. The number of pyridine rings is 2. The van der Waals surface area contributed by atoms with Gasteiger partial charge >= 0.3 is 0 Å². The highest BCUT2D eigenvalue weighted by Gasteiger charge is 2.10. The number of nitrogens with zero attached hydrogens (tertiary/aromatic N) is 2. The van der Waals surface area contributed by atoms with Crippen molar-refractivity contribution in [3.8, 4) is 11.3 Å². The summed E-state index contributed by atoms with van der Waals surface area (Å²) >= 11 is 0. The maximum Gasteiger partial charge on any atom is 0.136 e. The second kappa shape index (κ2) is 7.07. The van der Waals surface area contributed by atoms with Gasteiger partial charge in [-0.1, -0.05) is 36.4 Å². The van der Waals surface area contributed by atoms with Gasteiger partial charge in [-0.05, 0) is 35.0 Å². The van der Waals surface area contributed by atoms with Gasteiger partial charge in [0.05, 0.1) is 17.3 Å². The van der Waals surface area contributed by atoms with Gasteiger partial charge in [0.25, 0.3) is 0 Å². The van der Waals surface area contributed by atoms with Gasteiger partial charge in [0.1, 0.15) is 5.82 Å². The summed E-state index contributed by atoms with van der Waals surface area (Å²) in [4.78, 5) is 9.25. The highest BCUT2D eigenvalue weighted by atomic mass is 16.3. The molecular formula is C21H20N4O. The molecule has 5 heteroatoms. The minimum atomic E-state index is -0.618. The molecule has 4 N–H and O–H groups in total. The van der Waals surface area contributed by atoms with Crippen LogP contribution in [0.25, 0.3) is 32.9 Å². The van der Waals surface area contributed by atoms with Crippen LogP contribution in [0.4, 0.5) is 5.82 Å². The van der Waals surface area contributed by atoms with Gasteiger partial charge in [0.2, 0.25) is 0 Å². The van der Waals surface area contributed by atoms with Crippen LogP contribution in [-0.2, 0) is 0 Å². The standard InChI is InChI=1S/C21H20N4O/c22-12-17(26)13-24-21-18-6-3-9-23-20(18)11-19(25-21)16-8-7-14-4-1-2-5-15(14)10-16/h1-11,17,26H,12-13,22H2,(H,24,25). The maximum atomic E-state index is 9.77. The van der Waals surface area contributed by atoms with Crippen LogP contribution in [0.1, 0.15) is 0 Å². The molecule has 130 valence electrons. The van der Waals surface area contributed by atoms with E-state index >= 15 is 0 Å². The Balaban J connectivity index is 1.81. The largest absolute Gasteiger partial charge is 0.390 e. The highest BCUT2D eigenvalue weighted by Crippen LogP contribution is 2.28. The predicted molar refractivity (Wildman–Crippen MR) is 106 cm³/mol. The van der Waals surface area contributed by atoms with Crippen LogP contribution >= 0.6 is 0 Å². The fourth-order valence-corrected chi connectivity index (χ4v) is 3.00. The van der Waals surface area contributed by atoms with Crippen LogP contribution in [-0.4, -0.2) is 34.3 Å². The average molecular weight is 344 g/mol. The molecule has 26 heavy (non-hydrogen) atoms. The lowest BCUT2D eigenvalue weighted by Crippen LogP contribution is -2.28. The van der Waals surface area contributed by atoms with Crippen molar-refractivity contribution in [1.82, 2.24) is 9.97 Å². The molecule has 0 radical (unpaired) electrons. The van der Waals surface area contributed by atoms with Gasteiger partial charge in [-0.25, -0.2) is 4.98 Å². The number of hydrogen-bond acceptors (Lipinski definition) is 5. The molecule has 2 aromatic carbocycles. The number of nitrogens with two attached hydrogens (primary N) is 1. The first-order valence-corrected chi connectivity index (χ1v) is 8.61. The summed E-state index contributed by atoms with van der Waals surface area (Å²) in [5.41, 5.74) is 8.22. The van der Waals surface area contributed by atoms with Crippen molar-refractivity contribution >= 4 is 27.5 Å².